The van der Waals surface area contributed by atoms with Gasteiger partial charge in [-0.1, -0.05) is 42.0 Å². The van der Waals surface area contributed by atoms with Crippen LogP contribution in [0.4, 0.5) is 5.69 Å². The van der Waals surface area contributed by atoms with Crippen LogP contribution in [0.1, 0.15) is 16.7 Å². The molecule has 0 bridgehead atoms. The van der Waals surface area contributed by atoms with Gasteiger partial charge in [-0.05, 0) is 55.8 Å². The van der Waals surface area contributed by atoms with Crippen LogP contribution in [-0.2, 0) is 4.79 Å². The average molecular weight is 436 g/mol. The van der Waals surface area contributed by atoms with E-state index in [2.05, 4.69) is 10.3 Å². The van der Waals surface area contributed by atoms with Crippen LogP contribution in [0.25, 0.3) is 11.7 Å². The largest absolute Gasteiger partial charge is 0.438 e. The number of aromatic nitrogens is 2. The third kappa shape index (κ3) is 4.65. The number of nitriles is 1. The first-order valence-corrected chi connectivity index (χ1v) is 10.2. The van der Waals surface area contributed by atoms with Crippen molar-refractivity contribution in [2.45, 2.75) is 13.8 Å². The van der Waals surface area contributed by atoms with E-state index in [1.165, 1.54) is 10.5 Å². The van der Waals surface area contributed by atoms with E-state index in [-0.39, 0.29) is 17.0 Å². The molecule has 2 aromatic carbocycles. The summed E-state index contributed by atoms with van der Waals surface area (Å²) in [6.45, 7) is 3.80. The standard InChI is InChI=1S/C26H20N4O3/c1-17-10-12-20(13-11-17)33-25-21(26(32)30-14-6-5-9-23(30)29-25)15-19(16-27)24(31)28-22-8-4-3-7-18(22)2/h3-15H,1-2H3,(H,28,31). The maximum Gasteiger partial charge on any atom is 0.269 e. The summed E-state index contributed by atoms with van der Waals surface area (Å²) < 4.78 is 7.24. The van der Waals surface area contributed by atoms with Gasteiger partial charge in [0.05, 0.1) is 0 Å². The summed E-state index contributed by atoms with van der Waals surface area (Å²) in [7, 11) is 0. The lowest BCUT2D eigenvalue weighted by molar-refractivity contribution is -0.112. The van der Waals surface area contributed by atoms with E-state index < -0.39 is 11.5 Å². The quantitative estimate of drug-likeness (QED) is 0.363. The average Bonchev–Trinajstić information content (AvgIpc) is 2.82. The van der Waals surface area contributed by atoms with Gasteiger partial charge in [0, 0.05) is 11.9 Å². The Kier molecular flexibility index (Phi) is 6.00. The van der Waals surface area contributed by atoms with Gasteiger partial charge < -0.3 is 10.1 Å². The number of nitrogens with one attached hydrogen (secondary N) is 1. The van der Waals surface area contributed by atoms with Crippen LogP contribution in [-0.4, -0.2) is 15.3 Å². The van der Waals surface area contributed by atoms with Crippen LogP contribution in [0.15, 0.2) is 83.3 Å². The highest BCUT2D eigenvalue weighted by Gasteiger charge is 2.18. The van der Waals surface area contributed by atoms with Crippen LogP contribution in [0, 0.1) is 25.2 Å². The highest BCUT2D eigenvalue weighted by molar-refractivity contribution is 6.10. The van der Waals surface area contributed by atoms with Crippen molar-refractivity contribution in [1.82, 2.24) is 9.38 Å². The van der Waals surface area contributed by atoms with Crippen LogP contribution in [0.5, 0.6) is 11.6 Å². The topological polar surface area (TPSA) is 96.5 Å². The Hall–Kier alpha value is -4.70. The van der Waals surface area contributed by atoms with Gasteiger partial charge in [0.2, 0.25) is 5.88 Å². The molecule has 1 amide bonds. The number of ether oxygens (including phenoxy) is 1. The normalized spacial score (nSPS) is 11.1. The molecule has 0 aliphatic carbocycles. The number of para-hydroxylation sites is 1. The molecule has 2 heterocycles. The second-order valence-corrected chi connectivity index (χ2v) is 7.42. The monoisotopic (exact) mass is 436 g/mol. The SMILES string of the molecule is Cc1ccc(Oc2nc3ccccn3c(=O)c2C=C(C#N)C(=O)Nc2ccccc2C)cc1. The Morgan fingerprint density at radius 2 is 1.79 bits per heavy atom. The van der Waals surface area contributed by atoms with Crippen molar-refractivity contribution in [2.75, 3.05) is 5.32 Å². The summed E-state index contributed by atoms with van der Waals surface area (Å²) in [5.74, 6) is -0.151. The Labute approximate surface area is 190 Å². The molecule has 1 N–H and O–H groups in total. The maximum atomic E-state index is 13.2. The summed E-state index contributed by atoms with van der Waals surface area (Å²) in [6, 6.07) is 21.5. The molecule has 0 unspecified atom stereocenters. The highest BCUT2D eigenvalue weighted by atomic mass is 16.5. The van der Waals surface area contributed by atoms with Gasteiger partial charge in [0.1, 0.15) is 28.6 Å². The van der Waals surface area contributed by atoms with Crippen molar-refractivity contribution in [1.29, 1.82) is 5.26 Å². The van der Waals surface area contributed by atoms with E-state index in [1.54, 1.807) is 48.7 Å². The molecule has 7 heteroatoms. The van der Waals surface area contributed by atoms with Crippen LogP contribution in [0.2, 0.25) is 0 Å². The number of fused-ring (bicyclic) bond motifs is 1. The predicted molar refractivity (Wildman–Crippen MR) is 126 cm³/mol. The van der Waals surface area contributed by atoms with Gasteiger partial charge in [0.25, 0.3) is 11.5 Å². The van der Waals surface area contributed by atoms with E-state index in [9.17, 15) is 14.9 Å². The number of aryl methyl sites for hydroxylation is 2. The molecule has 2 aromatic heterocycles. The molecule has 0 spiro atoms. The van der Waals surface area contributed by atoms with Gasteiger partial charge in [-0.25, -0.2) is 0 Å². The summed E-state index contributed by atoms with van der Waals surface area (Å²) in [5.41, 5.74) is 2.14. The number of rotatable bonds is 5. The molecule has 0 saturated heterocycles. The second kappa shape index (κ2) is 9.20. The van der Waals surface area contributed by atoms with Crippen LogP contribution >= 0.6 is 0 Å². The molecule has 4 aromatic rings. The van der Waals surface area contributed by atoms with Crippen molar-refractivity contribution in [3.05, 3.63) is 106 Å². The van der Waals surface area contributed by atoms with E-state index in [0.29, 0.717) is 17.1 Å². The predicted octanol–water partition coefficient (Wildman–Crippen LogP) is 4.65. The fourth-order valence-corrected chi connectivity index (χ4v) is 3.20. The number of hydrogen-bond acceptors (Lipinski definition) is 5. The second-order valence-electron chi connectivity index (χ2n) is 7.42. The highest BCUT2D eigenvalue weighted by Crippen LogP contribution is 2.24. The Bertz CT molecular complexity index is 1480. The zero-order valence-corrected chi connectivity index (χ0v) is 18.1. The molecular weight excluding hydrogens is 416 g/mol. The molecule has 0 aliphatic heterocycles. The van der Waals surface area contributed by atoms with E-state index >= 15 is 0 Å². The molecule has 33 heavy (non-hydrogen) atoms. The smallest absolute Gasteiger partial charge is 0.269 e. The Morgan fingerprint density at radius 1 is 1.06 bits per heavy atom. The molecular formula is C26H20N4O3. The van der Waals surface area contributed by atoms with Gasteiger partial charge in [-0.15, -0.1) is 0 Å². The third-order valence-corrected chi connectivity index (χ3v) is 5.02. The number of amides is 1. The van der Waals surface area contributed by atoms with E-state index in [4.69, 9.17) is 4.74 Å². The van der Waals surface area contributed by atoms with Crippen molar-refractivity contribution in [3.63, 3.8) is 0 Å². The lowest BCUT2D eigenvalue weighted by Crippen LogP contribution is -2.20. The minimum atomic E-state index is -0.634. The molecule has 0 saturated carbocycles. The molecule has 0 aliphatic rings. The molecule has 4 rings (SSSR count). The lowest BCUT2D eigenvalue weighted by atomic mass is 10.1. The van der Waals surface area contributed by atoms with Crippen molar-refractivity contribution in [3.8, 4) is 17.7 Å². The fraction of sp³-hybridized carbons (Fsp3) is 0.0769. The molecule has 0 radical (unpaired) electrons. The van der Waals surface area contributed by atoms with E-state index in [0.717, 1.165) is 11.1 Å². The molecule has 162 valence electrons. The lowest BCUT2D eigenvalue weighted by Gasteiger charge is -2.11. The minimum Gasteiger partial charge on any atom is -0.438 e. The number of pyridine rings is 1. The number of carbonyl (C=O) groups excluding carboxylic acids is 1. The minimum absolute atomic E-state index is 0.00393. The van der Waals surface area contributed by atoms with Crippen LogP contribution in [0.3, 0.4) is 0 Å². The number of nitrogens with zero attached hydrogens (tertiary/aromatic N) is 3. The van der Waals surface area contributed by atoms with Crippen LogP contribution < -0.4 is 15.6 Å². The zero-order chi connectivity index (χ0) is 23.4. The first kappa shape index (κ1) is 21.5. The molecule has 7 nitrogen and oxygen atoms in total. The first-order valence-electron chi connectivity index (χ1n) is 10.2. The summed E-state index contributed by atoms with van der Waals surface area (Å²) >= 11 is 0. The maximum absolute atomic E-state index is 13.2. The zero-order valence-electron chi connectivity index (χ0n) is 18.1. The fourth-order valence-electron chi connectivity index (χ4n) is 3.20. The van der Waals surface area contributed by atoms with Gasteiger partial charge in [-0.3, -0.25) is 14.0 Å². The van der Waals surface area contributed by atoms with Gasteiger partial charge in [0.15, 0.2) is 0 Å². The van der Waals surface area contributed by atoms with Crippen molar-refractivity contribution < 1.29 is 9.53 Å². The summed E-state index contributed by atoms with van der Waals surface area (Å²) in [6.07, 6.45) is 2.78. The third-order valence-electron chi connectivity index (χ3n) is 5.02. The Morgan fingerprint density at radius 3 is 2.52 bits per heavy atom. The Balaban J connectivity index is 1.81. The molecule has 0 fully saturated rings. The number of carbonyl (C=O) groups is 1. The molecule has 0 atom stereocenters. The summed E-state index contributed by atoms with van der Waals surface area (Å²) in [4.78, 5) is 30.5. The number of hydrogen-bond donors (Lipinski definition) is 1. The van der Waals surface area contributed by atoms with Gasteiger partial charge >= 0.3 is 0 Å². The summed E-state index contributed by atoms with van der Waals surface area (Å²) in [5, 5.41) is 12.4. The number of anilines is 1. The first-order chi connectivity index (χ1) is 16.0. The van der Waals surface area contributed by atoms with Crippen molar-refractivity contribution in [2.24, 2.45) is 0 Å². The van der Waals surface area contributed by atoms with Gasteiger partial charge in [-0.2, -0.15) is 10.2 Å². The van der Waals surface area contributed by atoms with Crippen molar-refractivity contribution >= 4 is 23.3 Å². The van der Waals surface area contributed by atoms with E-state index in [1.807, 2.05) is 44.2 Å². The number of benzene rings is 2.